The molecule has 0 aromatic heterocycles. The van der Waals surface area contributed by atoms with Gasteiger partial charge in [-0.25, -0.2) is 0 Å². The molecule has 0 bridgehead atoms. The van der Waals surface area contributed by atoms with E-state index >= 15 is 0 Å². The Bertz CT molecular complexity index is 1060. The van der Waals surface area contributed by atoms with Crippen LogP contribution in [0.4, 0.5) is 5.69 Å². The number of quaternary nitrogens is 2. The van der Waals surface area contributed by atoms with Crippen LogP contribution in [0.2, 0.25) is 5.02 Å². The summed E-state index contributed by atoms with van der Waals surface area (Å²) in [4.78, 5) is 18.8. The lowest BCUT2D eigenvalue weighted by atomic mass is 9.99. The zero-order valence-electron chi connectivity index (χ0n) is 19.2. The monoisotopic (exact) mass is 480 g/mol. The molecule has 0 amide bonds. The first-order valence-corrected chi connectivity index (χ1v) is 11.3. The van der Waals surface area contributed by atoms with Gasteiger partial charge in [-0.15, -0.1) is 0 Å². The molecule has 0 spiro atoms. The molecule has 0 aliphatic rings. The van der Waals surface area contributed by atoms with Gasteiger partial charge in [0.05, 0.1) is 11.9 Å². The lowest BCUT2D eigenvalue weighted by Gasteiger charge is -2.16. The van der Waals surface area contributed by atoms with Crippen molar-refractivity contribution in [3.8, 4) is 0 Å². The van der Waals surface area contributed by atoms with Crippen LogP contribution in [0, 0.1) is 13.8 Å². The predicted molar refractivity (Wildman–Crippen MR) is 128 cm³/mol. The SMILES string of the molecule is Cc1cccc(C)c1[NH2+]CC[NH2+]C(c1ccccc1)c1ccc(Cl)cc1.O=C([O-])/C=C\C(=O)[O-]. The fourth-order valence-electron chi connectivity index (χ4n) is 3.57. The average molecular weight is 481 g/mol. The summed E-state index contributed by atoms with van der Waals surface area (Å²) in [6.07, 6.45) is 0.769. The summed E-state index contributed by atoms with van der Waals surface area (Å²) in [6.45, 7) is 6.45. The van der Waals surface area contributed by atoms with Gasteiger partial charge in [-0.1, -0.05) is 72.3 Å². The minimum Gasteiger partial charge on any atom is -0.545 e. The van der Waals surface area contributed by atoms with Crippen molar-refractivity contribution in [1.29, 1.82) is 0 Å². The van der Waals surface area contributed by atoms with Crippen LogP contribution in [-0.4, -0.2) is 25.0 Å². The molecule has 34 heavy (non-hydrogen) atoms. The Labute approximate surface area is 204 Å². The van der Waals surface area contributed by atoms with Gasteiger partial charge in [-0.3, -0.25) is 0 Å². The molecular weight excluding hydrogens is 452 g/mol. The van der Waals surface area contributed by atoms with Gasteiger partial charge < -0.3 is 30.4 Å². The van der Waals surface area contributed by atoms with Crippen LogP contribution in [0.1, 0.15) is 28.3 Å². The number of carboxylic acid groups (broad SMARTS) is 2. The van der Waals surface area contributed by atoms with E-state index in [1.54, 1.807) is 0 Å². The third kappa shape index (κ3) is 9.19. The molecule has 0 saturated heterocycles. The van der Waals surface area contributed by atoms with Gasteiger partial charge in [0.2, 0.25) is 0 Å². The summed E-state index contributed by atoms with van der Waals surface area (Å²) in [6, 6.07) is 25.7. The van der Waals surface area contributed by atoms with Crippen LogP contribution < -0.4 is 20.8 Å². The molecule has 1 unspecified atom stereocenters. The van der Waals surface area contributed by atoms with Crippen LogP contribution >= 0.6 is 11.6 Å². The Morgan fingerprint density at radius 2 is 1.32 bits per heavy atom. The van der Waals surface area contributed by atoms with Gasteiger partial charge in [-0.05, 0) is 38.1 Å². The number of aryl methyl sites for hydroxylation is 2. The minimum absolute atomic E-state index is 0.292. The zero-order valence-corrected chi connectivity index (χ0v) is 20.0. The molecule has 1 atom stereocenters. The smallest absolute Gasteiger partial charge is 0.137 e. The summed E-state index contributed by atoms with van der Waals surface area (Å²) in [5, 5.41) is 24.4. The number of carboxylic acids is 2. The second kappa shape index (κ2) is 14.0. The average Bonchev–Trinajstić information content (AvgIpc) is 2.81. The molecule has 3 aromatic rings. The Morgan fingerprint density at radius 3 is 1.85 bits per heavy atom. The number of para-hydroxylation sites is 1. The summed E-state index contributed by atoms with van der Waals surface area (Å²) in [5.41, 5.74) is 6.68. The molecule has 0 radical (unpaired) electrons. The highest BCUT2D eigenvalue weighted by molar-refractivity contribution is 6.30. The maximum Gasteiger partial charge on any atom is 0.137 e. The van der Waals surface area contributed by atoms with Gasteiger partial charge in [0.15, 0.2) is 0 Å². The normalized spacial score (nSPS) is 11.5. The third-order valence-electron chi connectivity index (χ3n) is 5.20. The Balaban J connectivity index is 0.000000440. The number of benzene rings is 3. The van der Waals surface area contributed by atoms with Crippen LogP contribution in [-0.2, 0) is 9.59 Å². The number of nitrogens with two attached hydrogens (primary N) is 2. The molecular formula is C27H29ClN2O4. The highest BCUT2D eigenvalue weighted by Crippen LogP contribution is 2.20. The van der Waals surface area contributed by atoms with Gasteiger partial charge in [0, 0.05) is 27.3 Å². The molecule has 7 heteroatoms. The van der Waals surface area contributed by atoms with Gasteiger partial charge in [0.1, 0.15) is 24.8 Å². The first-order chi connectivity index (χ1) is 16.3. The number of halogens is 1. The van der Waals surface area contributed by atoms with Crippen molar-refractivity contribution in [2.45, 2.75) is 19.9 Å². The summed E-state index contributed by atoms with van der Waals surface area (Å²) in [7, 11) is 0. The Morgan fingerprint density at radius 1 is 0.794 bits per heavy atom. The maximum atomic E-state index is 9.41. The van der Waals surface area contributed by atoms with E-state index in [0.29, 0.717) is 18.2 Å². The number of hydrogen-bond donors (Lipinski definition) is 2. The van der Waals surface area contributed by atoms with E-state index in [1.165, 1.54) is 27.9 Å². The van der Waals surface area contributed by atoms with Crippen molar-refractivity contribution < 1.29 is 30.4 Å². The first-order valence-electron chi connectivity index (χ1n) is 10.9. The number of rotatable bonds is 9. The number of carbonyl (C=O) groups excluding carboxylic acids is 2. The molecule has 0 heterocycles. The Hall–Kier alpha value is -3.45. The van der Waals surface area contributed by atoms with E-state index in [9.17, 15) is 19.8 Å². The molecule has 4 N–H and O–H groups in total. The zero-order chi connectivity index (χ0) is 24.9. The molecule has 178 valence electrons. The van der Waals surface area contributed by atoms with E-state index in [2.05, 4.69) is 85.1 Å². The molecule has 3 rings (SSSR count). The predicted octanol–water partition coefficient (Wildman–Crippen LogP) is 0.547. The molecule has 0 aliphatic heterocycles. The van der Waals surface area contributed by atoms with Crippen LogP contribution in [0.15, 0.2) is 84.9 Å². The van der Waals surface area contributed by atoms with Gasteiger partial charge in [-0.2, -0.15) is 0 Å². The first kappa shape index (κ1) is 26.8. The summed E-state index contributed by atoms with van der Waals surface area (Å²) in [5.74, 6) is -3.09. The van der Waals surface area contributed by atoms with E-state index in [4.69, 9.17) is 11.6 Å². The highest BCUT2D eigenvalue weighted by atomic mass is 35.5. The van der Waals surface area contributed by atoms with Crippen molar-refractivity contribution in [2.75, 3.05) is 13.1 Å². The molecule has 0 aliphatic carbocycles. The van der Waals surface area contributed by atoms with Crippen molar-refractivity contribution >= 4 is 29.2 Å². The van der Waals surface area contributed by atoms with Gasteiger partial charge in [0.25, 0.3) is 0 Å². The lowest BCUT2D eigenvalue weighted by Crippen LogP contribution is -2.93. The quantitative estimate of drug-likeness (QED) is 0.264. The summed E-state index contributed by atoms with van der Waals surface area (Å²) >= 11 is 6.07. The fourth-order valence-corrected chi connectivity index (χ4v) is 3.70. The van der Waals surface area contributed by atoms with Crippen LogP contribution in [0.3, 0.4) is 0 Å². The van der Waals surface area contributed by atoms with E-state index in [1.807, 2.05) is 12.1 Å². The van der Waals surface area contributed by atoms with Crippen molar-refractivity contribution in [3.05, 3.63) is 112 Å². The highest BCUT2D eigenvalue weighted by Gasteiger charge is 2.17. The molecule has 3 aromatic carbocycles. The van der Waals surface area contributed by atoms with E-state index in [0.717, 1.165) is 18.1 Å². The standard InChI is InChI=1S/C23H25ClN2.C4H4O4/c1-17-7-6-8-18(2)22(17)25-15-16-26-23(19-9-4-3-5-10-19)20-11-13-21(24)14-12-20;5-3(6)1-2-4(7)8/h3-14,23,25-26H,15-16H2,1-2H3;1-2H,(H,5,6)(H,7,8)/b;2-1-. The molecule has 0 saturated carbocycles. The number of aliphatic carboxylic acids is 2. The van der Waals surface area contributed by atoms with Crippen molar-refractivity contribution in [3.63, 3.8) is 0 Å². The fraction of sp³-hybridized carbons (Fsp3) is 0.185. The number of carbonyl (C=O) groups is 2. The topological polar surface area (TPSA) is 113 Å². The Kier molecular flexibility index (Phi) is 11.0. The molecule has 0 fully saturated rings. The number of hydrogen-bond acceptors (Lipinski definition) is 4. The van der Waals surface area contributed by atoms with Crippen LogP contribution in [0.5, 0.6) is 0 Å². The van der Waals surface area contributed by atoms with E-state index in [-0.39, 0.29) is 0 Å². The lowest BCUT2D eigenvalue weighted by molar-refractivity contribution is -0.718. The summed E-state index contributed by atoms with van der Waals surface area (Å²) < 4.78 is 0. The van der Waals surface area contributed by atoms with Crippen LogP contribution in [0.25, 0.3) is 0 Å². The maximum absolute atomic E-state index is 9.41. The van der Waals surface area contributed by atoms with Crippen molar-refractivity contribution in [2.24, 2.45) is 0 Å². The van der Waals surface area contributed by atoms with Crippen molar-refractivity contribution in [1.82, 2.24) is 0 Å². The second-order valence-electron chi connectivity index (χ2n) is 7.73. The van der Waals surface area contributed by atoms with E-state index < -0.39 is 11.9 Å². The molecule has 6 nitrogen and oxygen atoms in total. The van der Waals surface area contributed by atoms with Gasteiger partial charge >= 0.3 is 0 Å². The second-order valence-corrected chi connectivity index (χ2v) is 8.17. The third-order valence-corrected chi connectivity index (χ3v) is 5.45. The largest absolute Gasteiger partial charge is 0.545 e. The minimum atomic E-state index is -1.55.